The van der Waals surface area contributed by atoms with Gasteiger partial charge < -0.3 is 9.84 Å². The Morgan fingerprint density at radius 1 is 0.889 bits per heavy atom. The Balaban J connectivity index is 1.36. The van der Waals surface area contributed by atoms with Crippen LogP contribution in [0.2, 0.25) is 0 Å². The third-order valence-corrected chi connectivity index (χ3v) is 10.1. The van der Waals surface area contributed by atoms with Gasteiger partial charge in [0.1, 0.15) is 0 Å². The molecule has 0 unspecified atom stereocenters. The lowest BCUT2D eigenvalue weighted by atomic mass is 9.51. The maximum atomic E-state index is 14.4. The molecule has 1 saturated carbocycles. The number of amides is 4. The highest BCUT2D eigenvalue weighted by Gasteiger charge is 2.67. The van der Waals surface area contributed by atoms with Crippen LogP contribution in [0.15, 0.2) is 84.4 Å². The van der Waals surface area contributed by atoms with E-state index < -0.39 is 51.7 Å². The fourth-order valence-corrected chi connectivity index (χ4v) is 8.11. The molecule has 3 fully saturated rings. The van der Waals surface area contributed by atoms with Crippen LogP contribution in [-0.2, 0) is 19.2 Å². The second-order valence-corrected chi connectivity index (χ2v) is 12.2. The number of rotatable bonds is 5. The summed E-state index contributed by atoms with van der Waals surface area (Å²) in [5.41, 5.74) is 0.407. The first-order valence-corrected chi connectivity index (χ1v) is 14.7. The van der Waals surface area contributed by atoms with E-state index in [-0.39, 0.29) is 47.5 Å². The van der Waals surface area contributed by atoms with Crippen LogP contribution >= 0.6 is 0 Å². The van der Waals surface area contributed by atoms with Crippen molar-refractivity contribution in [1.29, 1.82) is 0 Å². The Labute approximate surface area is 257 Å². The highest BCUT2D eigenvalue weighted by atomic mass is 16.6. The van der Waals surface area contributed by atoms with E-state index in [1.807, 2.05) is 6.08 Å². The topological polar surface area (TPSA) is 147 Å². The largest absolute Gasteiger partial charge is 0.504 e. The van der Waals surface area contributed by atoms with Crippen molar-refractivity contribution >= 4 is 40.7 Å². The fourth-order valence-electron chi connectivity index (χ4n) is 8.11. The molecule has 0 aromatic heterocycles. The molecule has 7 rings (SSSR count). The van der Waals surface area contributed by atoms with Crippen LogP contribution in [0.25, 0.3) is 0 Å². The van der Waals surface area contributed by atoms with Crippen LogP contribution in [0.3, 0.4) is 0 Å². The van der Waals surface area contributed by atoms with Crippen molar-refractivity contribution in [2.24, 2.45) is 29.1 Å². The molecule has 0 radical (unpaired) electrons. The molecule has 6 atom stereocenters. The van der Waals surface area contributed by atoms with Crippen LogP contribution in [0.1, 0.15) is 31.2 Å². The Bertz CT molecular complexity index is 1840. The minimum absolute atomic E-state index is 0.120. The molecule has 228 valence electrons. The van der Waals surface area contributed by atoms with Gasteiger partial charge in [-0.3, -0.25) is 29.3 Å². The summed E-state index contributed by atoms with van der Waals surface area (Å²) >= 11 is 0. The number of carbonyl (C=O) groups is 4. The molecule has 4 amide bonds. The first kappa shape index (κ1) is 28.5. The van der Waals surface area contributed by atoms with Crippen LogP contribution in [0, 0.1) is 39.2 Å². The molecule has 2 aliphatic carbocycles. The van der Waals surface area contributed by atoms with Crippen molar-refractivity contribution < 1.29 is 33.9 Å². The average molecular weight is 608 g/mol. The number of fused-ring (bicyclic) bond motifs is 4. The van der Waals surface area contributed by atoms with Gasteiger partial charge >= 0.3 is 0 Å². The highest BCUT2D eigenvalue weighted by Crippen LogP contribution is 2.64. The zero-order valence-electron chi connectivity index (χ0n) is 24.5. The molecular weight excluding hydrogens is 578 g/mol. The number of benzene rings is 3. The zero-order chi connectivity index (χ0) is 31.8. The summed E-state index contributed by atoms with van der Waals surface area (Å²) < 4.78 is 5.25. The summed E-state index contributed by atoms with van der Waals surface area (Å²) in [5.74, 6) is -5.23. The van der Waals surface area contributed by atoms with Crippen LogP contribution < -0.4 is 14.5 Å². The number of nitro groups is 1. The summed E-state index contributed by atoms with van der Waals surface area (Å²) in [6.07, 6.45) is 2.29. The van der Waals surface area contributed by atoms with Gasteiger partial charge in [-0.15, -0.1) is 0 Å². The van der Waals surface area contributed by atoms with Crippen LogP contribution in [0.5, 0.6) is 11.5 Å². The van der Waals surface area contributed by atoms with Crippen molar-refractivity contribution in [3.05, 3.63) is 100 Å². The SMILES string of the molecule is COc1ccc([C@H]2C3=CC[C@@H]4C(=O)N(c5cccc([N+](=O)[O-])c5)C(=O)[C@@H]4[C@@H]3C[C@H]3C(=O)N(c4ccccc4)C(=O)[C@@]23C)cc1O. The number of para-hydroxylation sites is 1. The number of nitrogens with zero attached hydrogens (tertiary/aromatic N) is 3. The van der Waals surface area contributed by atoms with Crippen molar-refractivity contribution in [2.45, 2.75) is 25.7 Å². The summed E-state index contributed by atoms with van der Waals surface area (Å²) in [6.45, 7) is 1.77. The molecule has 4 aliphatic rings. The summed E-state index contributed by atoms with van der Waals surface area (Å²) in [7, 11) is 1.43. The molecule has 0 spiro atoms. The highest BCUT2D eigenvalue weighted by molar-refractivity contribution is 6.25. The zero-order valence-corrected chi connectivity index (χ0v) is 24.5. The number of allylic oxidation sites excluding steroid dienone is 2. The maximum Gasteiger partial charge on any atom is 0.271 e. The van der Waals surface area contributed by atoms with Gasteiger partial charge in [0.15, 0.2) is 11.5 Å². The molecule has 0 bridgehead atoms. The molecule has 2 saturated heterocycles. The van der Waals surface area contributed by atoms with Crippen LogP contribution in [0.4, 0.5) is 17.1 Å². The molecule has 45 heavy (non-hydrogen) atoms. The Morgan fingerprint density at radius 3 is 2.31 bits per heavy atom. The number of nitro benzene ring substituents is 1. The van der Waals surface area contributed by atoms with Gasteiger partial charge in [0, 0.05) is 18.1 Å². The van der Waals surface area contributed by atoms with E-state index in [1.54, 1.807) is 49.4 Å². The number of aromatic hydroxyl groups is 1. The average Bonchev–Trinajstić information content (AvgIpc) is 3.40. The molecule has 3 aromatic carbocycles. The molecule has 2 heterocycles. The number of phenolic OH excluding ortho intramolecular Hbond substituents is 1. The van der Waals surface area contributed by atoms with Gasteiger partial charge in [-0.05, 0) is 61.6 Å². The van der Waals surface area contributed by atoms with Gasteiger partial charge in [-0.1, -0.05) is 42.0 Å². The third kappa shape index (κ3) is 3.96. The maximum absolute atomic E-state index is 14.4. The van der Waals surface area contributed by atoms with E-state index in [4.69, 9.17) is 4.74 Å². The summed E-state index contributed by atoms with van der Waals surface area (Å²) in [5, 5.41) is 22.2. The summed E-state index contributed by atoms with van der Waals surface area (Å²) in [4.78, 5) is 69.6. The van der Waals surface area contributed by atoms with E-state index in [9.17, 15) is 34.4 Å². The minimum atomic E-state index is -1.26. The van der Waals surface area contributed by atoms with Crippen molar-refractivity contribution in [3.63, 3.8) is 0 Å². The number of methoxy groups -OCH3 is 1. The first-order valence-electron chi connectivity index (χ1n) is 14.7. The lowest BCUT2D eigenvalue weighted by Crippen LogP contribution is -2.48. The quantitative estimate of drug-likeness (QED) is 0.189. The van der Waals surface area contributed by atoms with E-state index in [0.29, 0.717) is 11.3 Å². The number of imide groups is 2. The molecule has 2 aliphatic heterocycles. The molecule has 3 aromatic rings. The van der Waals surface area contributed by atoms with Crippen molar-refractivity contribution in [2.75, 3.05) is 16.9 Å². The smallest absolute Gasteiger partial charge is 0.271 e. The number of anilines is 2. The molecule has 11 nitrogen and oxygen atoms in total. The second kappa shape index (κ2) is 10.1. The number of phenols is 1. The third-order valence-electron chi connectivity index (χ3n) is 10.1. The lowest BCUT2D eigenvalue weighted by molar-refractivity contribution is -0.384. The van der Waals surface area contributed by atoms with Crippen molar-refractivity contribution in [1.82, 2.24) is 0 Å². The van der Waals surface area contributed by atoms with Gasteiger partial charge in [0.2, 0.25) is 23.6 Å². The number of hydrogen-bond donors (Lipinski definition) is 1. The normalized spacial score (nSPS) is 28.8. The molecular formula is C34H29N3O8. The second-order valence-electron chi connectivity index (χ2n) is 12.2. The van der Waals surface area contributed by atoms with E-state index in [2.05, 4.69) is 0 Å². The monoisotopic (exact) mass is 607 g/mol. The lowest BCUT2D eigenvalue weighted by Gasteiger charge is -2.49. The molecule has 11 heteroatoms. The van der Waals surface area contributed by atoms with Gasteiger partial charge in [0.05, 0.1) is 46.6 Å². The molecule has 1 N–H and O–H groups in total. The summed E-state index contributed by atoms with van der Waals surface area (Å²) in [6, 6.07) is 19.0. The van der Waals surface area contributed by atoms with Gasteiger partial charge in [0.25, 0.3) is 5.69 Å². The van der Waals surface area contributed by atoms with Gasteiger partial charge in [-0.2, -0.15) is 0 Å². The Morgan fingerprint density at radius 2 is 1.62 bits per heavy atom. The number of carbonyl (C=O) groups excluding carboxylic acids is 4. The van der Waals surface area contributed by atoms with Gasteiger partial charge in [-0.25, -0.2) is 9.80 Å². The first-order chi connectivity index (χ1) is 21.6. The fraction of sp³-hybridized carbons (Fsp3) is 0.294. The van der Waals surface area contributed by atoms with E-state index in [1.165, 1.54) is 42.3 Å². The Kier molecular flexibility index (Phi) is 6.40. The number of hydrogen-bond acceptors (Lipinski definition) is 8. The predicted molar refractivity (Wildman–Crippen MR) is 161 cm³/mol. The van der Waals surface area contributed by atoms with Crippen molar-refractivity contribution in [3.8, 4) is 11.5 Å². The van der Waals surface area contributed by atoms with E-state index >= 15 is 0 Å². The minimum Gasteiger partial charge on any atom is -0.504 e. The standard InChI is InChI=1S/C34H29N3O8/c1-34-25(31(40)36(33(34)42)19-7-4-3-5-8-19)17-24-22(29(34)18-11-14-27(45-2)26(38)15-18)12-13-23-28(24)32(41)35(30(23)39)20-9-6-10-21(16-20)37(43)44/h3-12,14-16,23-25,28-29,38H,13,17H2,1-2H3/t23-,24+,25-,28-,29-,34+/m0/s1. The Hall–Kier alpha value is -5.32. The number of ether oxygens (including phenoxy) is 1. The predicted octanol–water partition coefficient (Wildman–Crippen LogP) is 4.74. The number of non-ortho nitro benzene ring substituents is 1. The van der Waals surface area contributed by atoms with E-state index in [0.717, 1.165) is 10.5 Å². The van der Waals surface area contributed by atoms with Crippen LogP contribution in [-0.4, -0.2) is 40.8 Å².